The molecule has 2 N–H and O–H groups in total. The monoisotopic (exact) mass is 362 g/mol. The zero-order chi connectivity index (χ0) is 19.2. The van der Waals surface area contributed by atoms with Gasteiger partial charge >= 0.3 is 0 Å². The molecule has 1 aromatic heterocycles. The predicted molar refractivity (Wildman–Crippen MR) is 107 cm³/mol. The second-order valence-electron chi connectivity index (χ2n) is 6.35. The lowest BCUT2D eigenvalue weighted by molar-refractivity contribution is 0.102. The molecule has 0 atom stereocenters. The molecule has 3 aromatic rings. The number of hydrogen-bond acceptors (Lipinski definition) is 5. The van der Waals surface area contributed by atoms with Crippen LogP contribution in [-0.4, -0.2) is 23.0 Å². The molecule has 1 amide bonds. The molecule has 138 valence electrons. The Hall–Kier alpha value is -3.41. The first-order valence-corrected chi connectivity index (χ1v) is 8.70. The molecule has 6 nitrogen and oxygen atoms in total. The van der Waals surface area contributed by atoms with E-state index in [2.05, 4.69) is 34.4 Å². The number of anilines is 3. The van der Waals surface area contributed by atoms with Crippen molar-refractivity contribution in [3.63, 3.8) is 0 Å². The average molecular weight is 362 g/mol. The van der Waals surface area contributed by atoms with Gasteiger partial charge in [-0.25, -0.2) is 9.97 Å². The molecule has 1 heterocycles. The molecule has 0 unspecified atom stereocenters. The minimum Gasteiger partial charge on any atom is -0.495 e. The van der Waals surface area contributed by atoms with Crippen molar-refractivity contribution in [2.24, 2.45) is 0 Å². The van der Waals surface area contributed by atoms with Gasteiger partial charge in [-0.1, -0.05) is 38.1 Å². The highest BCUT2D eigenvalue weighted by molar-refractivity contribution is 6.03. The maximum Gasteiger partial charge on any atom is 0.258 e. The van der Waals surface area contributed by atoms with Crippen LogP contribution in [0.4, 0.5) is 17.3 Å². The van der Waals surface area contributed by atoms with E-state index >= 15 is 0 Å². The fourth-order valence-electron chi connectivity index (χ4n) is 2.53. The maximum absolute atomic E-state index is 12.4. The molecular weight excluding hydrogens is 340 g/mol. The van der Waals surface area contributed by atoms with E-state index < -0.39 is 0 Å². The van der Waals surface area contributed by atoms with Crippen LogP contribution in [0.5, 0.6) is 5.75 Å². The number of amides is 1. The summed E-state index contributed by atoms with van der Waals surface area (Å²) in [5, 5.41) is 5.93. The standard InChI is InChI=1S/C21H22N4O2/c1-14(2)15-8-10-17(11-9-15)24-20(26)16-12-22-21(23-13-16)25-18-6-4-5-7-19(18)27-3/h4-14H,1-3H3,(H,24,26)(H,22,23,25). The molecule has 6 heteroatoms. The SMILES string of the molecule is COc1ccccc1Nc1ncc(C(=O)Nc2ccc(C(C)C)cc2)cn1. The maximum atomic E-state index is 12.4. The van der Waals surface area contributed by atoms with E-state index in [1.54, 1.807) is 7.11 Å². The average Bonchev–Trinajstić information content (AvgIpc) is 2.69. The minimum atomic E-state index is -0.254. The summed E-state index contributed by atoms with van der Waals surface area (Å²) in [6.07, 6.45) is 2.98. The Morgan fingerprint density at radius 1 is 1.00 bits per heavy atom. The molecule has 0 fully saturated rings. The second kappa shape index (κ2) is 8.31. The topological polar surface area (TPSA) is 76.1 Å². The van der Waals surface area contributed by atoms with Gasteiger partial charge in [-0.3, -0.25) is 4.79 Å². The van der Waals surface area contributed by atoms with Gasteiger partial charge in [-0.15, -0.1) is 0 Å². The number of hydrogen-bond donors (Lipinski definition) is 2. The third kappa shape index (κ3) is 4.61. The molecule has 0 aliphatic rings. The summed E-state index contributed by atoms with van der Waals surface area (Å²) < 4.78 is 5.29. The van der Waals surface area contributed by atoms with Crippen LogP contribution in [0.3, 0.4) is 0 Å². The molecule has 2 aromatic carbocycles. The number of aromatic nitrogens is 2. The van der Waals surface area contributed by atoms with E-state index in [9.17, 15) is 4.79 Å². The van der Waals surface area contributed by atoms with Gasteiger partial charge in [0.15, 0.2) is 0 Å². The smallest absolute Gasteiger partial charge is 0.258 e. The molecule has 0 aliphatic heterocycles. The highest BCUT2D eigenvalue weighted by Crippen LogP contribution is 2.25. The van der Waals surface area contributed by atoms with E-state index in [4.69, 9.17) is 4.74 Å². The van der Waals surface area contributed by atoms with Gasteiger partial charge < -0.3 is 15.4 Å². The zero-order valence-electron chi connectivity index (χ0n) is 15.6. The van der Waals surface area contributed by atoms with Crippen molar-refractivity contribution < 1.29 is 9.53 Å². The zero-order valence-corrected chi connectivity index (χ0v) is 15.6. The van der Waals surface area contributed by atoms with E-state index in [0.717, 1.165) is 11.4 Å². The highest BCUT2D eigenvalue weighted by atomic mass is 16.5. The number of nitrogens with zero attached hydrogens (tertiary/aromatic N) is 2. The van der Waals surface area contributed by atoms with Crippen LogP contribution in [0.1, 0.15) is 35.7 Å². The number of methoxy groups -OCH3 is 1. The molecular formula is C21H22N4O2. The van der Waals surface area contributed by atoms with Crippen molar-refractivity contribution in [1.82, 2.24) is 9.97 Å². The Morgan fingerprint density at radius 3 is 2.30 bits per heavy atom. The van der Waals surface area contributed by atoms with Crippen LogP contribution in [0.25, 0.3) is 0 Å². The van der Waals surface area contributed by atoms with Crippen molar-refractivity contribution in [1.29, 1.82) is 0 Å². The number of nitrogens with one attached hydrogen (secondary N) is 2. The summed E-state index contributed by atoms with van der Waals surface area (Å²) in [6.45, 7) is 4.26. The number of rotatable bonds is 6. The Morgan fingerprint density at radius 2 is 1.67 bits per heavy atom. The number of carbonyl (C=O) groups is 1. The lowest BCUT2D eigenvalue weighted by Crippen LogP contribution is -2.13. The first-order chi connectivity index (χ1) is 13.1. The van der Waals surface area contributed by atoms with Crippen LogP contribution in [-0.2, 0) is 0 Å². The van der Waals surface area contributed by atoms with Crippen LogP contribution in [0, 0.1) is 0 Å². The summed E-state index contributed by atoms with van der Waals surface area (Å²) in [6, 6.07) is 15.3. The van der Waals surface area contributed by atoms with Gasteiger partial charge in [0.05, 0.1) is 18.4 Å². The summed E-state index contributed by atoms with van der Waals surface area (Å²) in [7, 11) is 1.60. The Labute approximate surface area is 158 Å². The third-order valence-electron chi connectivity index (χ3n) is 4.10. The molecule has 0 bridgehead atoms. The van der Waals surface area contributed by atoms with Gasteiger partial charge in [-0.05, 0) is 35.7 Å². The van der Waals surface area contributed by atoms with E-state index in [0.29, 0.717) is 23.2 Å². The summed E-state index contributed by atoms with van der Waals surface area (Å²) in [5.74, 6) is 1.27. The van der Waals surface area contributed by atoms with Crippen LogP contribution < -0.4 is 15.4 Å². The molecule has 0 radical (unpaired) electrons. The number of benzene rings is 2. The summed E-state index contributed by atoms with van der Waals surface area (Å²) in [5.41, 5.74) is 3.10. The molecule has 0 saturated heterocycles. The van der Waals surface area contributed by atoms with Gasteiger partial charge in [-0.2, -0.15) is 0 Å². The molecule has 0 aliphatic carbocycles. The summed E-state index contributed by atoms with van der Waals surface area (Å²) >= 11 is 0. The molecule has 3 rings (SSSR count). The second-order valence-corrected chi connectivity index (χ2v) is 6.35. The molecule has 0 spiro atoms. The van der Waals surface area contributed by atoms with Gasteiger partial charge in [0.1, 0.15) is 5.75 Å². The Kier molecular flexibility index (Phi) is 5.66. The van der Waals surface area contributed by atoms with Crippen molar-refractivity contribution in [3.05, 3.63) is 72.1 Å². The number of para-hydroxylation sites is 2. The van der Waals surface area contributed by atoms with Crippen LogP contribution in [0.15, 0.2) is 60.9 Å². The summed E-state index contributed by atoms with van der Waals surface area (Å²) in [4.78, 5) is 20.8. The van der Waals surface area contributed by atoms with Crippen LogP contribution in [0.2, 0.25) is 0 Å². The van der Waals surface area contributed by atoms with Crippen molar-refractivity contribution in [3.8, 4) is 5.75 Å². The van der Waals surface area contributed by atoms with E-state index in [1.165, 1.54) is 18.0 Å². The third-order valence-corrected chi connectivity index (χ3v) is 4.10. The molecule has 27 heavy (non-hydrogen) atoms. The van der Waals surface area contributed by atoms with Crippen molar-refractivity contribution >= 4 is 23.2 Å². The fraction of sp³-hybridized carbons (Fsp3) is 0.190. The lowest BCUT2D eigenvalue weighted by atomic mass is 10.0. The van der Waals surface area contributed by atoms with E-state index in [-0.39, 0.29) is 5.91 Å². The van der Waals surface area contributed by atoms with Crippen molar-refractivity contribution in [2.45, 2.75) is 19.8 Å². The predicted octanol–water partition coefficient (Wildman–Crippen LogP) is 4.60. The van der Waals surface area contributed by atoms with E-state index in [1.807, 2.05) is 48.5 Å². The Balaban J connectivity index is 1.66. The number of ether oxygens (including phenoxy) is 1. The number of carbonyl (C=O) groups excluding carboxylic acids is 1. The van der Waals surface area contributed by atoms with Gasteiger partial charge in [0.2, 0.25) is 5.95 Å². The quantitative estimate of drug-likeness (QED) is 0.670. The first-order valence-electron chi connectivity index (χ1n) is 8.70. The highest BCUT2D eigenvalue weighted by Gasteiger charge is 2.09. The van der Waals surface area contributed by atoms with Crippen molar-refractivity contribution in [2.75, 3.05) is 17.7 Å². The Bertz CT molecular complexity index is 906. The van der Waals surface area contributed by atoms with Crippen LogP contribution >= 0.6 is 0 Å². The first kappa shape index (κ1) is 18.4. The fourth-order valence-corrected chi connectivity index (χ4v) is 2.53. The largest absolute Gasteiger partial charge is 0.495 e. The van der Waals surface area contributed by atoms with Gasteiger partial charge in [0.25, 0.3) is 5.91 Å². The molecule has 0 saturated carbocycles. The lowest BCUT2D eigenvalue weighted by Gasteiger charge is -2.10. The minimum absolute atomic E-state index is 0.254. The van der Waals surface area contributed by atoms with Gasteiger partial charge in [0, 0.05) is 18.1 Å². The normalized spacial score (nSPS) is 10.5.